The van der Waals surface area contributed by atoms with E-state index in [-0.39, 0.29) is 34.8 Å². The van der Waals surface area contributed by atoms with E-state index in [0.717, 1.165) is 18.2 Å². The molecule has 0 spiro atoms. The third-order valence-electron chi connectivity index (χ3n) is 4.38. The van der Waals surface area contributed by atoms with Crippen LogP contribution in [0.4, 0.5) is 8.78 Å². The highest BCUT2D eigenvalue weighted by Crippen LogP contribution is 2.29. The maximum absolute atomic E-state index is 13.8. The first kappa shape index (κ1) is 19.2. The van der Waals surface area contributed by atoms with E-state index in [9.17, 15) is 18.8 Å². The summed E-state index contributed by atoms with van der Waals surface area (Å²) < 4.78 is 34.1. The molecule has 148 valence electrons. The number of carbonyl (C=O) groups is 1. The molecule has 2 aromatic carbocycles. The van der Waals surface area contributed by atoms with Gasteiger partial charge in [-0.25, -0.2) is 23.2 Å². The first-order valence-corrected chi connectivity index (χ1v) is 9.04. The summed E-state index contributed by atoms with van der Waals surface area (Å²) in [5, 5.41) is 14.3. The standard InChI is InChI=1S/C22H14F2N4O2/c1-2-30-22(29)20-18-10-14(12-25)19(13-8-15(23)11-16(24)9-13)26-21(18)28(27-20)17-6-4-3-5-7-17/h3-11H,2H2,1H3. The van der Waals surface area contributed by atoms with Crippen LogP contribution in [-0.2, 0) is 4.74 Å². The van der Waals surface area contributed by atoms with E-state index in [0.29, 0.717) is 11.1 Å². The number of rotatable bonds is 4. The lowest BCUT2D eigenvalue weighted by atomic mass is 10.0. The van der Waals surface area contributed by atoms with Gasteiger partial charge in [-0.3, -0.25) is 0 Å². The van der Waals surface area contributed by atoms with E-state index < -0.39 is 17.6 Å². The fourth-order valence-electron chi connectivity index (χ4n) is 3.14. The number of pyridine rings is 1. The molecule has 0 aliphatic carbocycles. The Bertz CT molecular complexity index is 1290. The van der Waals surface area contributed by atoms with E-state index in [4.69, 9.17) is 4.74 Å². The van der Waals surface area contributed by atoms with Crippen molar-refractivity contribution in [2.45, 2.75) is 6.92 Å². The van der Waals surface area contributed by atoms with E-state index >= 15 is 0 Å². The van der Waals surface area contributed by atoms with E-state index in [2.05, 4.69) is 10.1 Å². The van der Waals surface area contributed by atoms with Gasteiger partial charge < -0.3 is 4.74 Å². The number of esters is 1. The topological polar surface area (TPSA) is 80.8 Å². The van der Waals surface area contributed by atoms with Gasteiger partial charge in [-0.1, -0.05) is 18.2 Å². The minimum atomic E-state index is -0.792. The molecular weight excluding hydrogens is 390 g/mol. The summed E-state index contributed by atoms with van der Waals surface area (Å²) in [6, 6.07) is 15.3. The van der Waals surface area contributed by atoms with E-state index in [1.807, 2.05) is 12.1 Å². The molecule has 0 saturated carbocycles. The largest absolute Gasteiger partial charge is 0.461 e. The maximum atomic E-state index is 13.8. The maximum Gasteiger partial charge on any atom is 0.359 e. The summed E-state index contributed by atoms with van der Waals surface area (Å²) >= 11 is 0. The average Bonchev–Trinajstić information content (AvgIpc) is 3.11. The van der Waals surface area contributed by atoms with Gasteiger partial charge in [-0.2, -0.15) is 10.4 Å². The van der Waals surface area contributed by atoms with Gasteiger partial charge in [0, 0.05) is 11.6 Å². The number of halogens is 2. The highest BCUT2D eigenvalue weighted by atomic mass is 19.1. The molecule has 0 aliphatic rings. The Morgan fingerprint density at radius 3 is 2.47 bits per heavy atom. The number of fused-ring (bicyclic) bond motifs is 1. The summed E-state index contributed by atoms with van der Waals surface area (Å²) in [5.41, 5.74) is 1.09. The second-order valence-electron chi connectivity index (χ2n) is 6.34. The molecule has 0 radical (unpaired) electrons. The molecule has 0 fully saturated rings. The Morgan fingerprint density at radius 1 is 1.13 bits per heavy atom. The van der Waals surface area contributed by atoms with E-state index in [1.54, 1.807) is 31.2 Å². The minimum Gasteiger partial charge on any atom is -0.461 e. The molecule has 0 N–H and O–H groups in total. The first-order chi connectivity index (χ1) is 14.5. The average molecular weight is 404 g/mol. The fraction of sp³-hybridized carbons (Fsp3) is 0.0909. The zero-order chi connectivity index (χ0) is 21.3. The van der Waals surface area contributed by atoms with Gasteiger partial charge in [0.05, 0.1) is 28.9 Å². The first-order valence-electron chi connectivity index (χ1n) is 9.04. The quantitative estimate of drug-likeness (QED) is 0.471. The fourth-order valence-corrected chi connectivity index (χ4v) is 3.14. The molecule has 0 aliphatic heterocycles. The molecule has 2 heterocycles. The highest BCUT2D eigenvalue weighted by molar-refractivity contribution is 6.02. The van der Waals surface area contributed by atoms with Crippen LogP contribution in [0.5, 0.6) is 0 Å². The van der Waals surface area contributed by atoms with Crippen LogP contribution in [0.2, 0.25) is 0 Å². The highest BCUT2D eigenvalue weighted by Gasteiger charge is 2.23. The Labute approximate surface area is 170 Å². The summed E-state index contributed by atoms with van der Waals surface area (Å²) in [7, 11) is 0. The van der Waals surface area contributed by atoms with Crippen LogP contribution in [0.3, 0.4) is 0 Å². The minimum absolute atomic E-state index is 0.00308. The third-order valence-corrected chi connectivity index (χ3v) is 4.38. The van der Waals surface area contributed by atoms with Gasteiger partial charge in [0.1, 0.15) is 17.7 Å². The van der Waals surface area contributed by atoms with Gasteiger partial charge in [0.25, 0.3) is 0 Å². The van der Waals surface area contributed by atoms with E-state index in [1.165, 1.54) is 10.7 Å². The molecule has 30 heavy (non-hydrogen) atoms. The smallest absolute Gasteiger partial charge is 0.359 e. The number of carbonyl (C=O) groups excluding carboxylic acids is 1. The van der Waals surface area contributed by atoms with Crippen molar-refractivity contribution in [3.63, 3.8) is 0 Å². The molecule has 0 atom stereocenters. The molecule has 4 rings (SSSR count). The zero-order valence-corrected chi connectivity index (χ0v) is 15.8. The Hall–Kier alpha value is -4.12. The molecule has 4 aromatic rings. The number of nitrogens with zero attached hydrogens (tertiary/aromatic N) is 4. The van der Waals surface area contributed by atoms with Crippen LogP contribution in [0.1, 0.15) is 23.0 Å². The van der Waals surface area contributed by atoms with Crippen molar-refractivity contribution < 1.29 is 18.3 Å². The van der Waals surface area contributed by atoms with Crippen LogP contribution in [0.15, 0.2) is 54.6 Å². The SMILES string of the molecule is CCOC(=O)c1nn(-c2ccccc2)c2nc(-c3cc(F)cc(F)c3)c(C#N)cc12. The summed E-state index contributed by atoms with van der Waals surface area (Å²) in [6.45, 7) is 1.82. The normalized spacial score (nSPS) is 10.7. The van der Waals surface area contributed by atoms with Gasteiger partial charge in [-0.05, 0) is 37.3 Å². The Balaban J connectivity index is 2.05. The monoisotopic (exact) mass is 404 g/mol. The molecule has 6 nitrogen and oxygen atoms in total. The number of benzene rings is 2. The molecule has 0 amide bonds. The zero-order valence-electron chi connectivity index (χ0n) is 15.8. The number of hydrogen-bond acceptors (Lipinski definition) is 5. The lowest BCUT2D eigenvalue weighted by molar-refractivity contribution is 0.0521. The van der Waals surface area contributed by atoms with Crippen molar-refractivity contribution >= 4 is 17.0 Å². The lowest BCUT2D eigenvalue weighted by Crippen LogP contribution is -2.07. The van der Waals surface area contributed by atoms with Crippen molar-refractivity contribution in [2.75, 3.05) is 6.61 Å². The Morgan fingerprint density at radius 2 is 1.83 bits per heavy atom. The number of aromatic nitrogens is 3. The summed E-state index contributed by atoms with van der Waals surface area (Å²) in [5.74, 6) is -2.24. The van der Waals surface area contributed by atoms with Crippen LogP contribution < -0.4 is 0 Å². The second kappa shape index (κ2) is 7.72. The van der Waals surface area contributed by atoms with Crippen molar-refractivity contribution in [2.24, 2.45) is 0 Å². The molecular formula is C22H14F2N4O2. The van der Waals surface area contributed by atoms with Crippen molar-refractivity contribution in [1.82, 2.24) is 14.8 Å². The second-order valence-corrected chi connectivity index (χ2v) is 6.34. The predicted octanol–water partition coefficient (Wildman–Crippen LogP) is 4.41. The van der Waals surface area contributed by atoms with Gasteiger partial charge in [-0.15, -0.1) is 0 Å². The lowest BCUT2D eigenvalue weighted by Gasteiger charge is -2.07. The van der Waals surface area contributed by atoms with Gasteiger partial charge in [0.2, 0.25) is 0 Å². The molecule has 8 heteroatoms. The third kappa shape index (κ3) is 3.37. The number of para-hydroxylation sites is 1. The molecule has 2 aromatic heterocycles. The van der Waals surface area contributed by atoms with Gasteiger partial charge in [0.15, 0.2) is 11.3 Å². The van der Waals surface area contributed by atoms with Crippen molar-refractivity contribution in [1.29, 1.82) is 5.26 Å². The predicted molar refractivity (Wildman–Crippen MR) is 105 cm³/mol. The number of ether oxygens (including phenoxy) is 1. The number of hydrogen-bond donors (Lipinski definition) is 0. The summed E-state index contributed by atoms with van der Waals surface area (Å²) in [4.78, 5) is 16.9. The summed E-state index contributed by atoms with van der Waals surface area (Å²) in [6.07, 6.45) is 0. The molecule has 0 saturated heterocycles. The molecule has 0 bridgehead atoms. The molecule has 0 unspecified atom stereocenters. The van der Waals surface area contributed by atoms with Crippen LogP contribution in [-0.4, -0.2) is 27.3 Å². The van der Waals surface area contributed by atoms with Crippen molar-refractivity contribution in [3.8, 4) is 23.0 Å². The number of nitriles is 1. The van der Waals surface area contributed by atoms with Gasteiger partial charge >= 0.3 is 5.97 Å². The van der Waals surface area contributed by atoms with Crippen molar-refractivity contribution in [3.05, 3.63) is 77.5 Å². The van der Waals surface area contributed by atoms with Crippen LogP contribution in [0.25, 0.3) is 28.0 Å². The van der Waals surface area contributed by atoms with Crippen LogP contribution in [0, 0.1) is 23.0 Å². The Kier molecular flexibility index (Phi) is 4.94. The van der Waals surface area contributed by atoms with Crippen LogP contribution >= 0.6 is 0 Å².